The van der Waals surface area contributed by atoms with Gasteiger partial charge in [0, 0.05) is 5.02 Å². The molecule has 0 radical (unpaired) electrons. The van der Waals surface area contributed by atoms with Gasteiger partial charge in [-0.1, -0.05) is 43.0 Å². The molecule has 0 spiro atoms. The average molecular weight is 434 g/mol. The van der Waals surface area contributed by atoms with E-state index in [1.165, 1.54) is 20.3 Å². The summed E-state index contributed by atoms with van der Waals surface area (Å²) in [5.74, 6) is -0.526. The molecule has 1 saturated carbocycles. The van der Waals surface area contributed by atoms with Crippen LogP contribution < -0.4 is 14.8 Å². The Morgan fingerprint density at radius 1 is 1.07 bits per heavy atom. The molecule has 30 heavy (non-hydrogen) atoms. The third-order valence-corrected chi connectivity index (χ3v) is 5.39. The maximum atomic E-state index is 13.1. The van der Waals surface area contributed by atoms with Crippen LogP contribution in [0.4, 0.5) is 5.95 Å². The van der Waals surface area contributed by atoms with Gasteiger partial charge in [-0.2, -0.15) is 9.97 Å². The molecule has 0 atom stereocenters. The van der Waals surface area contributed by atoms with Crippen LogP contribution in [0.25, 0.3) is 0 Å². The standard InChI is InChI=1S/C21H24ClN3O5/c1-28-17-12-18(29-2)25-20(24-17)23-16(26)13-30-19(27)21(9-4-3-5-10-21)14-7-6-8-15(22)11-14/h6-8,11-12H,3-5,9-10,13H2,1-2H3,(H,23,24,25,26). The van der Waals surface area contributed by atoms with Crippen LogP contribution in [-0.2, 0) is 19.7 Å². The van der Waals surface area contributed by atoms with Crippen LogP contribution in [-0.4, -0.2) is 42.7 Å². The SMILES string of the molecule is COc1cc(OC)nc(NC(=O)COC(=O)C2(c3cccc(Cl)c3)CCCCC2)n1. The van der Waals surface area contributed by atoms with E-state index in [9.17, 15) is 9.59 Å². The Bertz CT molecular complexity index is 893. The third-order valence-electron chi connectivity index (χ3n) is 5.16. The van der Waals surface area contributed by atoms with E-state index in [1.807, 2.05) is 12.1 Å². The van der Waals surface area contributed by atoms with Crippen LogP contribution >= 0.6 is 11.6 Å². The molecular formula is C21H24ClN3O5. The summed E-state index contributed by atoms with van der Waals surface area (Å²) in [6.07, 6.45) is 4.19. The van der Waals surface area contributed by atoms with Gasteiger partial charge in [0.15, 0.2) is 6.61 Å². The van der Waals surface area contributed by atoms with Crippen molar-refractivity contribution >= 4 is 29.4 Å². The molecule has 1 aromatic heterocycles. The fraction of sp³-hybridized carbons (Fsp3) is 0.429. The number of amides is 1. The molecule has 1 N–H and O–H groups in total. The Morgan fingerprint density at radius 2 is 1.73 bits per heavy atom. The van der Waals surface area contributed by atoms with E-state index in [1.54, 1.807) is 12.1 Å². The van der Waals surface area contributed by atoms with Gasteiger partial charge in [0.2, 0.25) is 17.7 Å². The van der Waals surface area contributed by atoms with Gasteiger partial charge in [0.25, 0.3) is 5.91 Å². The van der Waals surface area contributed by atoms with Gasteiger partial charge in [0.1, 0.15) is 0 Å². The number of anilines is 1. The van der Waals surface area contributed by atoms with Crippen molar-refractivity contribution in [2.24, 2.45) is 0 Å². The summed E-state index contributed by atoms with van der Waals surface area (Å²) in [5, 5.41) is 3.05. The number of halogens is 1. The van der Waals surface area contributed by atoms with E-state index < -0.39 is 23.9 Å². The summed E-state index contributed by atoms with van der Waals surface area (Å²) in [6.45, 7) is -0.454. The number of esters is 1. The number of benzene rings is 1. The van der Waals surface area contributed by atoms with E-state index in [4.69, 9.17) is 25.8 Å². The van der Waals surface area contributed by atoms with E-state index >= 15 is 0 Å². The van der Waals surface area contributed by atoms with Crippen LogP contribution in [0.1, 0.15) is 37.7 Å². The number of hydrogen-bond donors (Lipinski definition) is 1. The zero-order valence-corrected chi connectivity index (χ0v) is 17.7. The number of nitrogens with one attached hydrogen (secondary N) is 1. The Labute approximate surface area is 179 Å². The highest BCUT2D eigenvalue weighted by Gasteiger charge is 2.43. The lowest BCUT2D eigenvalue weighted by Gasteiger charge is -2.35. The number of carbonyl (C=O) groups is 2. The molecule has 2 aromatic rings. The van der Waals surface area contributed by atoms with Crippen LogP contribution in [0.5, 0.6) is 11.8 Å². The van der Waals surface area contributed by atoms with Crippen molar-refractivity contribution in [3.63, 3.8) is 0 Å². The zero-order valence-electron chi connectivity index (χ0n) is 16.9. The summed E-state index contributed by atoms with van der Waals surface area (Å²) in [6, 6.07) is 8.75. The molecule has 8 nitrogen and oxygen atoms in total. The van der Waals surface area contributed by atoms with Crippen molar-refractivity contribution in [3.8, 4) is 11.8 Å². The third kappa shape index (κ3) is 4.99. The molecule has 1 aromatic carbocycles. The second-order valence-corrected chi connectivity index (χ2v) is 7.49. The predicted octanol–water partition coefficient (Wildman–Crippen LogP) is 3.53. The molecule has 0 saturated heterocycles. The molecule has 1 aliphatic carbocycles. The fourth-order valence-corrected chi connectivity index (χ4v) is 3.84. The van der Waals surface area contributed by atoms with E-state index in [-0.39, 0.29) is 17.7 Å². The van der Waals surface area contributed by atoms with Gasteiger partial charge in [-0.25, -0.2) is 0 Å². The van der Waals surface area contributed by atoms with Crippen LogP contribution in [0.3, 0.4) is 0 Å². The number of carbonyl (C=O) groups excluding carboxylic acids is 2. The fourth-order valence-electron chi connectivity index (χ4n) is 3.65. The lowest BCUT2D eigenvalue weighted by molar-refractivity contribution is -0.154. The number of nitrogens with zero attached hydrogens (tertiary/aromatic N) is 2. The summed E-state index contributed by atoms with van der Waals surface area (Å²) >= 11 is 6.15. The maximum Gasteiger partial charge on any atom is 0.317 e. The Morgan fingerprint density at radius 3 is 2.33 bits per heavy atom. The molecule has 0 bridgehead atoms. The first kappa shape index (κ1) is 21.8. The van der Waals surface area contributed by atoms with Gasteiger partial charge in [-0.05, 0) is 30.5 Å². The zero-order chi connectivity index (χ0) is 21.6. The molecule has 1 aliphatic rings. The first-order valence-electron chi connectivity index (χ1n) is 9.67. The second-order valence-electron chi connectivity index (χ2n) is 7.05. The molecule has 3 rings (SSSR count). The van der Waals surface area contributed by atoms with Gasteiger partial charge in [0.05, 0.1) is 25.7 Å². The lowest BCUT2D eigenvalue weighted by atomic mass is 9.69. The van der Waals surface area contributed by atoms with Crippen LogP contribution in [0.2, 0.25) is 5.02 Å². The molecular weight excluding hydrogens is 410 g/mol. The lowest BCUT2D eigenvalue weighted by Crippen LogP contribution is -2.40. The molecule has 1 fully saturated rings. The Kier molecular flexibility index (Phi) is 7.10. The van der Waals surface area contributed by atoms with Crippen molar-refractivity contribution in [3.05, 3.63) is 40.9 Å². The average Bonchev–Trinajstić information content (AvgIpc) is 2.77. The number of aromatic nitrogens is 2. The largest absolute Gasteiger partial charge is 0.481 e. The molecule has 1 amide bonds. The molecule has 0 unspecified atom stereocenters. The highest BCUT2D eigenvalue weighted by Crippen LogP contribution is 2.41. The van der Waals surface area contributed by atoms with Crippen molar-refractivity contribution in [2.45, 2.75) is 37.5 Å². The van der Waals surface area contributed by atoms with Gasteiger partial charge in [-0.3, -0.25) is 14.9 Å². The van der Waals surface area contributed by atoms with E-state index in [0.717, 1.165) is 24.8 Å². The Hall–Kier alpha value is -2.87. The monoisotopic (exact) mass is 433 g/mol. The first-order valence-corrected chi connectivity index (χ1v) is 10.0. The maximum absolute atomic E-state index is 13.1. The number of rotatable bonds is 7. The number of methoxy groups -OCH3 is 2. The van der Waals surface area contributed by atoms with E-state index in [2.05, 4.69) is 15.3 Å². The summed E-state index contributed by atoms with van der Waals surface area (Å²) in [7, 11) is 2.88. The minimum Gasteiger partial charge on any atom is -0.481 e. The second kappa shape index (κ2) is 9.75. The molecule has 1 heterocycles. The normalized spacial score (nSPS) is 15.2. The predicted molar refractivity (Wildman–Crippen MR) is 111 cm³/mol. The van der Waals surface area contributed by atoms with E-state index in [0.29, 0.717) is 17.9 Å². The van der Waals surface area contributed by atoms with Crippen molar-refractivity contribution in [1.82, 2.24) is 9.97 Å². The molecule has 9 heteroatoms. The van der Waals surface area contributed by atoms with Crippen LogP contribution in [0, 0.1) is 0 Å². The van der Waals surface area contributed by atoms with Gasteiger partial charge >= 0.3 is 5.97 Å². The minimum atomic E-state index is -0.793. The highest BCUT2D eigenvalue weighted by atomic mass is 35.5. The topological polar surface area (TPSA) is 99.6 Å². The molecule has 160 valence electrons. The van der Waals surface area contributed by atoms with Crippen LogP contribution in [0.15, 0.2) is 30.3 Å². The summed E-state index contributed by atoms with van der Waals surface area (Å²) in [5.41, 5.74) is 0.0278. The highest BCUT2D eigenvalue weighted by molar-refractivity contribution is 6.30. The van der Waals surface area contributed by atoms with Crippen molar-refractivity contribution < 1.29 is 23.8 Å². The number of ether oxygens (including phenoxy) is 3. The summed E-state index contributed by atoms with van der Waals surface area (Å²) in [4.78, 5) is 33.5. The van der Waals surface area contributed by atoms with Crippen molar-refractivity contribution in [2.75, 3.05) is 26.1 Å². The summed E-state index contributed by atoms with van der Waals surface area (Å²) < 4.78 is 15.5. The quantitative estimate of drug-likeness (QED) is 0.666. The van der Waals surface area contributed by atoms with Gasteiger partial charge in [-0.15, -0.1) is 0 Å². The first-order chi connectivity index (χ1) is 14.5. The number of hydrogen-bond acceptors (Lipinski definition) is 7. The minimum absolute atomic E-state index is 0.00512. The Balaban J connectivity index is 1.69. The van der Waals surface area contributed by atoms with Gasteiger partial charge < -0.3 is 14.2 Å². The van der Waals surface area contributed by atoms with Crippen molar-refractivity contribution in [1.29, 1.82) is 0 Å². The smallest absolute Gasteiger partial charge is 0.317 e. The molecule has 0 aliphatic heterocycles.